The van der Waals surface area contributed by atoms with Crippen LogP contribution >= 0.6 is 11.8 Å². The molecule has 1 saturated heterocycles. The molecule has 1 fully saturated rings. The molecule has 0 saturated carbocycles. The lowest BCUT2D eigenvalue weighted by atomic mass is 10.1. The quantitative estimate of drug-likeness (QED) is 0.886. The van der Waals surface area contributed by atoms with E-state index in [0.29, 0.717) is 6.04 Å². The Bertz CT molecular complexity index is 386. The van der Waals surface area contributed by atoms with Crippen molar-refractivity contribution in [3.8, 4) is 5.75 Å². The van der Waals surface area contributed by atoms with Gasteiger partial charge in [0.05, 0.1) is 7.11 Å². The summed E-state index contributed by atoms with van der Waals surface area (Å²) in [6, 6.07) is 4.93. The normalized spacial score (nSPS) is 16.9. The van der Waals surface area contributed by atoms with E-state index < -0.39 is 0 Å². The third kappa shape index (κ3) is 2.89. The zero-order valence-electron chi connectivity index (χ0n) is 10.9. The van der Waals surface area contributed by atoms with Crippen LogP contribution in [0.1, 0.15) is 24.0 Å². The van der Waals surface area contributed by atoms with E-state index >= 15 is 0 Å². The van der Waals surface area contributed by atoms with E-state index in [9.17, 15) is 0 Å². The second-order valence-electron chi connectivity index (χ2n) is 4.62. The number of nitrogens with one attached hydrogen (secondary N) is 1. The highest BCUT2D eigenvalue weighted by Gasteiger charge is 2.15. The summed E-state index contributed by atoms with van der Waals surface area (Å²) in [6.45, 7) is 4.22. The fraction of sp³-hybridized carbons (Fsp3) is 0.571. The summed E-state index contributed by atoms with van der Waals surface area (Å²) in [4.78, 5) is 0. The lowest BCUT2D eigenvalue weighted by Gasteiger charge is -2.25. The topological polar surface area (TPSA) is 21.3 Å². The Morgan fingerprint density at radius 2 is 1.94 bits per heavy atom. The fourth-order valence-corrected chi connectivity index (χ4v) is 3.47. The van der Waals surface area contributed by atoms with Crippen molar-refractivity contribution in [2.45, 2.75) is 32.7 Å². The van der Waals surface area contributed by atoms with E-state index in [0.717, 1.165) is 5.75 Å². The summed E-state index contributed by atoms with van der Waals surface area (Å²) in [5.41, 5.74) is 3.66. The summed E-state index contributed by atoms with van der Waals surface area (Å²) < 4.78 is 5.46. The van der Waals surface area contributed by atoms with E-state index in [2.05, 4.69) is 43.1 Å². The summed E-state index contributed by atoms with van der Waals surface area (Å²) in [6.07, 6.45) is 2.53. The minimum Gasteiger partial charge on any atom is -0.496 e. The highest BCUT2D eigenvalue weighted by molar-refractivity contribution is 7.99. The van der Waals surface area contributed by atoms with Gasteiger partial charge in [-0.05, 0) is 49.8 Å². The first-order valence-electron chi connectivity index (χ1n) is 6.21. The van der Waals surface area contributed by atoms with Crippen molar-refractivity contribution < 1.29 is 4.74 Å². The van der Waals surface area contributed by atoms with Crippen LogP contribution in [-0.2, 0) is 0 Å². The molecule has 1 aliphatic heterocycles. The molecule has 1 aromatic carbocycles. The monoisotopic (exact) mass is 251 g/mol. The SMILES string of the molecule is COc1c(C)ccc(NC2CCSCC2)c1C. The van der Waals surface area contributed by atoms with Crippen LogP contribution in [0.2, 0.25) is 0 Å². The molecule has 2 rings (SSSR count). The zero-order valence-corrected chi connectivity index (χ0v) is 11.7. The number of hydrogen-bond donors (Lipinski definition) is 1. The van der Waals surface area contributed by atoms with Crippen molar-refractivity contribution in [3.63, 3.8) is 0 Å². The minimum atomic E-state index is 0.627. The van der Waals surface area contributed by atoms with Crippen LogP contribution in [0.4, 0.5) is 5.69 Å². The van der Waals surface area contributed by atoms with Crippen LogP contribution in [-0.4, -0.2) is 24.7 Å². The highest BCUT2D eigenvalue weighted by Crippen LogP contribution is 2.31. The molecule has 0 radical (unpaired) electrons. The Kier molecular flexibility index (Phi) is 4.21. The molecule has 3 heteroatoms. The van der Waals surface area contributed by atoms with Crippen LogP contribution in [0.15, 0.2) is 12.1 Å². The maximum Gasteiger partial charge on any atom is 0.126 e. The fourth-order valence-electron chi connectivity index (χ4n) is 2.36. The van der Waals surface area contributed by atoms with E-state index in [1.165, 1.54) is 41.2 Å². The van der Waals surface area contributed by atoms with E-state index in [4.69, 9.17) is 4.74 Å². The van der Waals surface area contributed by atoms with Crippen LogP contribution < -0.4 is 10.1 Å². The maximum atomic E-state index is 5.46. The Morgan fingerprint density at radius 1 is 1.24 bits per heavy atom. The van der Waals surface area contributed by atoms with Crippen LogP contribution in [0.25, 0.3) is 0 Å². The molecular weight excluding hydrogens is 230 g/mol. The molecule has 0 bridgehead atoms. The number of thioether (sulfide) groups is 1. The van der Waals surface area contributed by atoms with Crippen molar-refractivity contribution in [1.82, 2.24) is 0 Å². The number of methoxy groups -OCH3 is 1. The molecule has 0 atom stereocenters. The van der Waals surface area contributed by atoms with E-state index in [1.54, 1.807) is 7.11 Å². The maximum absolute atomic E-state index is 5.46. The molecule has 94 valence electrons. The molecule has 17 heavy (non-hydrogen) atoms. The molecule has 0 unspecified atom stereocenters. The van der Waals surface area contributed by atoms with Crippen molar-refractivity contribution in [3.05, 3.63) is 23.3 Å². The molecule has 0 amide bonds. The van der Waals surface area contributed by atoms with Crippen LogP contribution in [0.3, 0.4) is 0 Å². The van der Waals surface area contributed by atoms with E-state index in [-0.39, 0.29) is 0 Å². The summed E-state index contributed by atoms with van der Waals surface area (Å²) in [5, 5.41) is 3.66. The number of benzene rings is 1. The molecular formula is C14H21NOS. The number of rotatable bonds is 3. The summed E-state index contributed by atoms with van der Waals surface area (Å²) in [7, 11) is 1.75. The van der Waals surface area contributed by atoms with Gasteiger partial charge in [-0.25, -0.2) is 0 Å². The third-order valence-electron chi connectivity index (χ3n) is 3.39. The molecule has 0 spiro atoms. The minimum absolute atomic E-state index is 0.627. The van der Waals surface area contributed by atoms with Gasteiger partial charge in [0.1, 0.15) is 5.75 Å². The molecule has 1 N–H and O–H groups in total. The van der Waals surface area contributed by atoms with Gasteiger partial charge in [0.2, 0.25) is 0 Å². The predicted octanol–water partition coefficient (Wildman–Crippen LogP) is 3.62. The third-order valence-corrected chi connectivity index (χ3v) is 4.44. The number of ether oxygens (including phenoxy) is 1. The summed E-state index contributed by atoms with van der Waals surface area (Å²) >= 11 is 2.06. The Morgan fingerprint density at radius 3 is 2.59 bits per heavy atom. The van der Waals surface area contributed by atoms with Gasteiger partial charge in [-0.1, -0.05) is 6.07 Å². The molecule has 2 nitrogen and oxygen atoms in total. The van der Waals surface area contributed by atoms with Crippen molar-refractivity contribution >= 4 is 17.4 Å². The predicted molar refractivity (Wildman–Crippen MR) is 76.4 cm³/mol. The van der Waals surface area contributed by atoms with Crippen molar-refractivity contribution in [1.29, 1.82) is 0 Å². The lowest BCUT2D eigenvalue weighted by Crippen LogP contribution is -2.24. The van der Waals surface area contributed by atoms with E-state index in [1.807, 2.05) is 0 Å². The number of aryl methyl sites for hydroxylation is 1. The number of hydrogen-bond acceptors (Lipinski definition) is 3. The first kappa shape index (κ1) is 12.6. The van der Waals surface area contributed by atoms with Crippen molar-refractivity contribution in [2.24, 2.45) is 0 Å². The Balaban J connectivity index is 2.15. The zero-order chi connectivity index (χ0) is 12.3. The average molecular weight is 251 g/mol. The van der Waals surface area contributed by atoms with Gasteiger partial charge in [0, 0.05) is 17.3 Å². The average Bonchev–Trinajstić information content (AvgIpc) is 2.35. The molecule has 1 heterocycles. The summed E-state index contributed by atoms with van der Waals surface area (Å²) in [5.74, 6) is 3.57. The molecule has 1 aromatic rings. The van der Waals surface area contributed by atoms with Gasteiger partial charge in [-0.15, -0.1) is 0 Å². The Labute approximate surface area is 108 Å². The van der Waals surface area contributed by atoms with Gasteiger partial charge in [0.25, 0.3) is 0 Å². The largest absolute Gasteiger partial charge is 0.496 e. The van der Waals surface area contributed by atoms with Gasteiger partial charge >= 0.3 is 0 Å². The first-order valence-corrected chi connectivity index (χ1v) is 7.36. The molecule has 0 aromatic heterocycles. The highest BCUT2D eigenvalue weighted by atomic mass is 32.2. The number of anilines is 1. The lowest BCUT2D eigenvalue weighted by molar-refractivity contribution is 0.408. The first-order chi connectivity index (χ1) is 8.22. The smallest absolute Gasteiger partial charge is 0.126 e. The van der Waals surface area contributed by atoms with Gasteiger partial charge in [-0.2, -0.15) is 11.8 Å². The second kappa shape index (κ2) is 5.67. The van der Waals surface area contributed by atoms with Gasteiger partial charge < -0.3 is 10.1 Å². The molecule has 1 aliphatic rings. The van der Waals surface area contributed by atoms with Gasteiger partial charge in [-0.3, -0.25) is 0 Å². The second-order valence-corrected chi connectivity index (χ2v) is 5.84. The standard InChI is InChI=1S/C14H21NOS/c1-10-4-5-13(11(2)14(10)16-3)15-12-6-8-17-9-7-12/h4-5,12,15H,6-9H2,1-3H3. The van der Waals surface area contributed by atoms with Crippen LogP contribution in [0.5, 0.6) is 5.75 Å². The Hall–Kier alpha value is -0.830. The van der Waals surface area contributed by atoms with Gasteiger partial charge in [0.15, 0.2) is 0 Å². The van der Waals surface area contributed by atoms with Crippen molar-refractivity contribution in [2.75, 3.05) is 23.9 Å². The molecule has 0 aliphatic carbocycles. The van der Waals surface area contributed by atoms with Crippen LogP contribution in [0, 0.1) is 13.8 Å².